The summed E-state index contributed by atoms with van der Waals surface area (Å²) < 4.78 is 1.04. The van der Waals surface area contributed by atoms with Gasteiger partial charge in [-0.05, 0) is 38.0 Å². The molecule has 0 unspecified atom stereocenters. The van der Waals surface area contributed by atoms with Gasteiger partial charge >= 0.3 is 0 Å². The van der Waals surface area contributed by atoms with Crippen molar-refractivity contribution in [1.29, 1.82) is 0 Å². The van der Waals surface area contributed by atoms with E-state index in [4.69, 9.17) is 16.6 Å². The highest BCUT2D eigenvalue weighted by atomic mass is 79.9. The van der Waals surface area contributed by atoms with Gasteiger partial charge in [-0.15, -0.1) is 0 Å². The van der Waals surface area contributed by atoms with Crippen molar-refractivity contribution in [2.24, 2.45) is 0 Å². The van der Waals surface area contributed by atoms with Crippen LogP contribution in [0.2, 0.25) is 5.02 Å². The molecule has 1 aliphatic rings. The summed E-state index contributed by atoms with van der Waals surface area (Å²) in [6, 6.07) is 6.11. The Hall–Kier alpha value is -0.800. The molecule has 0 atom stereocenters. The summed E-state index contributed by atoms with van der Waals surface area (Å²) in [5.41, 5.74) is 3.22. The third-order valence-electron chi connectivity index (χ3n) is 4.02. The van der Waals surface area contributed by atoms with E-state index < -0.39 is 0 Å². The largest absolute Gasteiger partial charge is 0.385 e. The van der Waals surface area contributed by atoms with Crippen LogP contribution >= 0.6 is 27.5 Å². The fourth-order valence-corrected chi connectivity index (χ4v) is 3.78. The van der Waals surface area contributed by atoms with Crippen LogP contribution in [0.4, 0.5) is 5.69 Å². The number of fused-ring (bicyclic) bond motifs is 1. The van der Waals surface area contributed by atoms with Crippen molar-refractivity contribution in [3.05, 3.63) is 33.4 Å². The second kappa shape index (κ2) is 5.90. The molecule has 1 saturated carbocycles. The van der Waals surface area contributed by atoms with E-state index in [1.54, 1.807) is 0 Å². The average molecular weight is 354 g/mol. The van der Waals surface area contributed by atoms with Gasteiger partial charge < -0.3 is 5.32 Å². The van der Waals surface area contributed by atoms with E-state index in [0.717, 1.165) is 32.6 Å². The van der Waals surface area contributed by atoms with Gasteiger partial charge in [0.15, 0.2) is 0 Å². The molecule has 0 radical (unpaired) electrons. The molecule has 3 rings (SSSR count). The summed E-state index contributed by atoms with van der Waals surface area (Å²) in [6.45, 7) is 3.00. The lowest BCUT2D eigenvalue weighted by Gasteiger charge is -2.16. The lowest BCUT2D eigenvalue weighted by molar-refractivity contribution is 0.701. The number of hydrogen-bond acceptors (Lipinski definition) is 2. The van der Waals surface area contributed by atoms with E-state index >= 15 is 0 Å². The Balaban J connectivity index is 2.21. The molecule has 2 nitrogen and oxygen atoms in total. The van der Waals surface area contributed by atoms with Crippen molar-refractivity contribution in [1.82, 2.24) is 4.98 Å². The smallest absolute Gasteiger partial charge is 0.0923 e. The topological polar surface area (TPSA) is 24.9 Å². The normalized spacial score (nSPS) is 15.9. The Morgan fingerprint density at radius 1 is 1.35 bits per heavy atom. The van der Waals surface area contributed by atoms with Gasteiger partial charge in [-0.1, -0.05) is 40.4 Å². The Morgan fingerprint density at radius 3 is 2.80 bits per heavy atom. The number of aromatic nitrogens is 1. The second-order valence-corrected chi connectivity index (χ2v) is 6.62. The van der Waals surface area contributed by atoms with Crippen LogP contribution in [0.15, 0.2) is 22.7 Å². The van der Waals surface area contributed by atoms with Crippen LogP contribution in [0.3, 0.4) is 0 Å². The summed E-state index contributed by atoms with van der Waals surface area (Å²) in [4.78, 5) is 4.86. The number of rotatable bonds is 3. The van der Waals surface area contributed by atoms with E-state index in [1.807, 2.05) is 12.1 Å². The molecule has 0 saturated heterocycles. The van der Waals surface area contributed by atoms with Gasteiger partial charge in [-0.3, -0.25) is 4.98 Å². The highest BCUT2D eigenvalue weighted by molar-refractivity contribution is 9.10. The first kappa shape index (κ1) is 14.2. The van der Waals surface area contributed by atoms with Crippen LogP contribution in [-0.4, -0.2) is 11.5 Å². The van der Waals surface area contributed by atoms with E-state index in [9.17, 15) is 0 Å². The van der Waals surface area contributed by atoms with Crippen molar-refractivity contribution in [3.8, 4) is 0 Å². The fraction of sp³-hybridized carbons (Fsp3) is 0.438. The van der Waals surface area contributed by atoms with Crippen LogP contribution < -0.4 is 5.32 Å². The van der Waals surface area contributed by atoms with Crippen LogP contribution in [0, 0.1) is 0 Å². The highest BCUT2D eigenvalue weighted by Crippen LogP contribution is 2.39. The van der Waals surface area contributed by atoms with Crippen LogP contribution in [0.1, 0.15) is 44.2 Å². The monoisotopic (exact) mass is 352 g/mol. The highest BCUT2D eigenvalue weighted by Gasteiger charge is 2.21. The van der Waals surface area contributed by atoms with Crippen molar-refractivity contribution in [2.45, 2.75) is 38.5 Å². The predicted molar refractivity (Wildman–Crippen MR) is 89.8 cm³/mol. The van der Waals surface area contributed by atoms with Gasteiger partial charge in [0.1, 0.15) is 0 Å². The molecular weight excluding hydrogens is 336 g/mol. The van der Waals surface area contributed by atoms with Crippen molar-refractivity contribution >= 4 is 44.1 Å². The standard InChI is InChI=1S/C16H18BrClN2/c1-2-19-14-9-13(10-5-3-4-6-10)20-16-12(18)8-7-11(17)15(14)16/h7-10H,2-6H2,1H3,(H,19,20). The maximum atomic E-state index is 6.37. The van der Waals surface area contributed by atoms with Gasteiger partial charge in [0.25, 0.3) is 0 Å². The van der Waals surface area contributed by atoms with E-state index in [-0.39, 0.29) is 0 Å². The Morgan fingerprint density at radius 2 is 2.10 bits per heavy atom. The zero-order valence-electron chi connectivity index (χ0n) is 11.5. The molecule has 1 heterocycles. The lowest BCUT2D eigenvalue weighted by Crippen LogP contribution is -2.03. The maximum absolute atomic E-state index is 6.37. The number of benzene rings is 1. The first-order chi connectivity index (χ1) is 9.70. The molecule has 0 aliphatic heterocycles. The third kappa shape index (κ3) is 2.53. The summed E-state index contributed by atoms with van der Waals surface area (Å²) in [5, 5.41) is 5.26. The molecule has 1 fully saturated rings. The molecule has 1 N–H and O–H groups in total. The Bertz CT molecular complexity index is 636. The summed E-state index contributed by atoms with van der Waals surface area (Å²) in [5.74, 6) is 0.590. The number of nitrogens with one attached hydrogen (secondary N) is 1. The molecule has 1 aliphatic carbocycles. The van der Waals surface area contributed by atoms with Crippen molar-refractivity contribution in [3.63, 3.8) is 0 Å². The molecule has 106 valence electrons. The Kier molecular flexibility index (Phi) is 4.18. The average Bonchev–Trinajstić information content (AvgIpc) is 2.97. The summed E-state index contributed by atoms with van der Waals surface area (Å²) >= 11 is 9.99. The Labute approximate surface area is 133 Å². The number of halogens is 2. The maximum Gasteiger partial charge on any atom is 0.0923 e. The second-order valence-electron chi connectivity index (χ2n) is 5.36. The van der Waals surface area contributed by atoms with Gasteiger partial charge in [0, 0.05) is 33.7 Å². The zero-order chi connectivity index (χ0) is 14.1. The minimum absolute atomic E-state index is 0.590. The molecule has 20 heavy (non-hydrogen) atoms. The number of pyridine rings is 1. The predicted octanol–water partition coefficient (Wildman–Crippen LogP) is 5.74. The van der Waals surface area contributed by atoms with Crippen LogP contribution in [-0.2, 0) is 0 Å². The minimum Gasteiger partial charge on any atom is -0.385 e. The first-order valence-electron chi connectivity index (χ1n) is 7.23. The van der Waals surface area contributed by atoms with Crippen LogP contribution in [0.25, 0.3) is 10.9 Å². The quantitative estimate of drug-likeness (QED) is 0.761. The summed E-state index contributed by atoms with van der Waals surface area (Å²) in [6.07, 6.45) is 5.12. The van der Waals surface area contributed by atoms with E-state index in [1.165, 1.54) is 31.4 Å². The fourth-order valence-electron chi connectivity index (χ4n) is 3.05. The van der Waals surface area contributed by atoms with Crippen molar-refractivity contribution < 1.29 is 0 Å². The molecule has 0 spiro atoms. The first-order valence-corrected chi connectivity index (χ1v) is 8.40. The number of anilines is 1. The molecule has 1 aromatic heterocycles. The number of hydrogen-bond donors (Lipinski definition) is 1. The van der Waals surface area contributed by atoms with Gasteiger partial charge in [-0.25, -0.2) is 0 Å². The van der Waals surface area contributed by atoms with E-state index in [2.05, 4.69) is 34.2 Å². The number of nitrogens with zero attached hydrogens (tertiary/aromatic N) is 1. The van der Waals surface area contributed by atoms with Gasteiger partial charge in [0.05, 0.1) is 10.5 Å². The van der Waals surface area contributed by atoms with Gasteiger partial charge in [-0.2, -0.15) is 0 Å². The zero-order valence-corrected chi connectivity index (χ0v) is 13.9. The minimum atomic E-state index is 0.590. The van der Waals surface area contributed by atoms with Gasteiger partial charge in [0.2, 0.25) is 0 Å². The van der Waals surface area contributed by atoms with Crippen molar-refractivity contribution in [2.75, 3.05) is 11.9 Å². The van der Waals surface area contributed by atoms with Crippen LogP contribution in [0.5, 0.6) is 0 Å². The lowest BCUT2D eigenvalue weighted by atomic mass is 10.0. The molecule has 1 aromatic carbocycles. The summed E-state index contributed by atoms with van der Waals surface area (Å²) in [7, 11) is 0. The molecule has 4 heteroatoms. The molecular formula is C16H18BrClN2. The molecule has 0 amide bonds. The van der Waals surface area contributed by atoms with E-state index in [0.29, 0.717) is 5.92 Å². The molecule has 2 aromatic rings. The third-order valence-corrected chi connectivity index (χ3v) is 4.99. The molecule has 0 bridgehead atoms. The SMILES string of the molecule is CCNc1cc(C2CCCC2)nc2c(Cl)ccc(Br)c12.